The summed E-state index contributed by atoms with van der Waals surface area (Å²) < 4.78 is 0. The fourth-order valence-electron chi connectivity index (χ4n) is 6.64. The second-order valence-corrected chi connectivity index (χ2v) is 9.33. The standard InChI is InChI=1S/C20H30O4/c1-10-8-19-9-16(22)20(24)14(7-15(21)18(20,3)4)11(2)13(19)6-5-12(10)17(19)23/h8,12-17,21-24H,2,5-7,9H2,1,3-4H3/t12-,13-,14-,15-,16-,17+,19+,20-/m0/s1. The van der Waals surface area contributed by atoms with Crippen LogP contribution in [-0.2, 0) is 0 Å². The molecule has 3 saturated carbocycles. The van der Waals surface area contributed by atoms with Gasteiger partial charge in [0.05, 0.1) is 18.3 Å². The van der Waals surface area contributed by atoms with Crippen LogP contribution in [0.1, 0.15) is 46.5 Å². The van der Waals surface area contributed by atoms with E-state index in [-0.39, 0.29) is 17.8 Å². The summed E-state index contributed by atoms with van der Waals surface area (Å²) in [6.45, 7) is 10.1. The van der Waals surface area contributed by atoms with E-state index in [1.54, 1.807) is 0 Å². The molecule has 4 heteroatoms. The molecule has 0 unspecified atom stereocenters. The Bertz CT molecular complexity index is 623. The fourth-order valence-corrected chi connectivity index (χ4v) is 6.64. The van der Waals surface area contributed by atoms with Crippen molar-refractivity contribution in [1.29, 1.82) is 0 Å². The molecule has 0 heterocycles. The van der Waals surface area contributed by atoms with Crippen LogP contribution in [0, 0.1) is 28.6 Å². The van der Waals surface area contributed by atoms with Gasteiger partial charge in [0.25, 0.3) is 0 Å². The Balaban J connectivity index is 1.87. The quantitative estimate of drug-likeness (QED) is 0.509. The third-order valence-electron chi connectivity index (χ3n) is 8.23. The van der Waals surface area contributed by atoms with Crippen LogP contribution >= 0.6 is 0 Å². The van der Waals surface area contributed by atoms with Gasteiger partial charge < -0.3 is 20.4 Å². The molecule has 4 nitrogen and oxygen atoms in total. The van der Waals surface area contributed by atoms with Crippen molar-refractivity contribution in [2.24, 2.45) is 28.6 Å². The Labute approximate surface area is 143 Å². The Morgan fingerprint density at radius 1 is 1.08 bits per heavy atom. The molecular formula is C20H30O4. The Morgan fingerprint density at radius 3 is 2.42 bits per heavy atom. The molecule has 2 bridgehead atoms. The second-order valence-electron chi connectivity index (χ2n) is 9.33. The van der Waals surface area contributed by atoms with E-state index in [1.807, 2.05) is 13.8 Å². The molecule has 4 rings (SSSR count). The van der Waals surface area contributed by atoms with E-state index in [1.165, 1.54) is 5.57 Å². The maximum absolute atomic E-state index is 11.6. The lowest BCUT2D eigenvalue weighted by atomic mass is 9.60. The highest BCUT2D eigenvalue weighted by Gasteiger charge is 2.69. The molecule has 0 aromatic rings. The number of aliphatic hydroxyl groups excluding tert-OH is 3. The normalized spacial score (nSPS) is 55.6. The summed E-state index contributed by atoms with van der Waals surface area (Å²) >= 11 is 0. The highest BCUT2D eigenvalue weighted by Crippen LogP contribution is 2.66. The smallest absolute Gasteiger partial charge is 0.105 e. The van der Waals surface area contributed by atoms with E-state index < -0.39 is 34.7 Å². The molecule has 4 N–H and O–H groups in total. The Hall–Kier alpha value is -0.680. The van der Waals surface area contributed by atoms with Crippen molar-refractivity contribution in [2.75, 3.05) is 0 Å². The van der Waals surface area contributed by atoms with Crippen molar-refractivity contribution in [2.45, 2.75) is 70.4 Å². The summed E-state index contributed by atoms with van der Waals surface area (Å²) in [5, 5.41) is 44.2. The van der Waals surface area contributed by atoms with Crippen molar-refractivity contribution in [1.82, 2.24) is 0 Å². The molecule has 0 radical (unpaired) electrons. The summed E-state index contributed by atoms with van der Waals surface area (Å²) in [6.07, 6.45) is 2.57. The lowest BCUT2D eigenvalue weighted by Gasteiger charge is -2.46. The second kappa shape index (κ2) is 4.73. The first-order valence-electron chi connectivity index (χ1n) is 9.22. The maximum atomic E-state index is 11.6. The summed E-state index contributed by atoms with van der Waals surface area (Å²) in [4.78, 5) is 0. The molecule has 0 saturated heterocycles. The molecule has 0 aliphatic heterocycles. The zero-order chi connectivity index (χ0) is 17.7. The Morgan fingerprint density at radius 2 is 1.75 bits per heavy atom. The van der Waals surface area contributed by atoms with Gasteiger partial charge in [-0.15, -0.1) is 0 Å². The molecule has 24 heavy (non-hydrogen) atoms. The van der Waals surface area contributed by atoms with E-state index in [2.05, 4.69) is 19.6 Å². The van der Waals surface area contributed by atoms with Crippen LogP contribution in [-0.4, -0.2) is 44.3 Å². The summed E-state index contributed by atoms with van der Waals surface area (Å²) in [7, 11) is 0. The van der Waals surface area contributed by atoms with Gasteiger partial charge in [0.15, 0.2) is 0 Å². The van der Waals surface area contributed by atoms with E-state index in [4.69, 9.17) is 0 Å². The van der Waals surface area contributed by atoms with E-state index >= 15 is 0 Å². The van der Waals surface area contributed by atoms with Crippen molar-refractivity contribution in [3.63, 3.8) is 0 Å². The van der Waals surface area contributed by atoms with Gasteiger partial charge in [-0.3, -0.25) is 0 Å². The van der Waals surface area contributed by atoms with Gasteiger partial charge in [0.2, 0.25) is 0 Å². The van der Waals surface area contributed by atoms with Crippen LogP contribution in [0.5, 0.6) is 0 Å². The van der Waals surface area contributed by atoms with Crippen molar-refractivity contribution in [3.8, 4) is 0 Å². The van der Waals surface area contributed by atoms with Gasteiger partial charge in [-0.05, 0) is 38.5 Å². The van der Waals surface area contributed by atoms with Crippen molar-refractivity contribution < 1.29 is 20.4 Å². The highest BCUT2D eigenvalue weighted by atomic mass is 16.4. The van der Waals surface area contributed by atoms with Crippen LogP contribution in [0.15, 0.2) is 23.8 Å². The van der Waals surface area contributed by atoms with E-state index in [0.717, 1.165) is 18.4 Å². The van der Waals surface area contributed by atoms with Gasteiger partial charge in [-0.1, -0.05) is 37.6 Å². The third-order valence-corrected chi connectivity index (χ3v) is 8.23. The fraction of sp³-hybridized carbons (Fsp3) is 0.800. The Kier molecular flexibility index (Phi) is 3.30. The zero-order valence-corrected chi connectivity index (χ0v) is 14.9. The number of aliphatic hydroxyl groups is 4. The first-order valence-corrected chi connectivity index (χ1v) is 9.22. The average Bonchev–Trinajstić information content (AvgIpc) is 2.73. The summed E-state index contributed by atoms with van der Waals surface area (Å²) in [6, 6.07) is 0. The molecule has 0 aromatic heterocycles. The van der Waals surface area contributed by atoms with Gasteiger partial charge in [0, 0.05) is 22.7 Å². The predicted molar refractivity (Wildman–Crippen MR) is 91.0 cm³/mol. The van der Waals surface area contributed by atoms with Gasteiger partial charge in [-0.25, -0.2) is 0 Å². The number of hydrogen-bond donors (Lipinski definition) is 4. The SMILES string of the molecule is C=C1[C@@H]2CC[C@H]3C(C)=C[C@]2(C[C@H](O)[C@@]2(O)[C@H]1C[C@H](O)C2(C)C)[C@@H]3O. The molecule has 0 aromatic carbocycles. The van der Waals surface area contributed by atoms with Crippen LogP contribution in [0.4, 0.5) is 0 Å². The summed E-state index contributed by atoms with van der Waals surface area (Å²) in [5.41, 5.74) is -0.642. The molecular weight excluding hydrogens is 304 g/mol. The lowest BCUT2D eigenvalue weighted by Crippen LogP contribution is -2.57. The predicted octanol–water partition coefficient (Wildman–Crippen LogP) is 1.78. The number of rotatable bonds is 0. The molecule has 4 aliphatic carbocycles. The van der Waals surface area contributed by atoms with E-state index in [0.29, 0.717) is 12.8 Å². The first-order chi connectivity index (χ1) is 11.1. The average molecular weight is 334 g/mol. The van der Waals surface area contributed by atoms with Crippen LogP contribution < -0.4 is 0 Å². The number of hydrogen-bond acceptors (Lipinski definition) is 4. The van der Waals surface area contributed by atoms with Crippen molar-refractivity contribution >= 4 is 0 Å². The summed E-state index contributed by atoms with van der Waals surface area (Å²) in [5.74, 6) is -0.122. The van der Waals surface area contributed by atoms with Crippen LogP contribution in [0.25, 0.3) is 0 Å². The molecule has 134 valence electrons. The number of fused-ring (bicyclic) bond motifs is 2. The first kappa shape index (κ1) is 16.8. The van der Waals surface area contributed by atoms with Crippen LogP contribution in [0.3, 0.4) is 0 Å². The van der Waals surface area contributed by atoms with Crippen LogP contribution in [0.2, 0.25) is 0 Å². The minimum atomic E-state index is -1.41. The third kappa shape index (κ3) is 1.64. The van der Waals surface area contributed by atoms with Crippen molar-refractivity contribution in [3.05, 3.63) is 23.8 Å². The minimum Gasteiger partial charge on any atom is -0.392 e. The minimum absolute atomic E-state index is 0.0518. The monoisotopic (exact) mass is 334 g/mol. The van der Waals surface area contributed by atoms with E-state index in [9.17, 15) is 20.4 Å². The topological polar surface area (TPSA) is 80.9 Å². The molecule has 4 aliphatic rings. The van der Waals surface area contributed by atoms with Gasteiger partial charge in [-0.2, -0.15) is 0 Å². The largest absolute Gasteiger partial charge is 0.392 e. The highest BCUT2D eigenvalue weighted by molar-refractivity contribution is 5.37. The lowest BCUT2D eigenvalue weighted by molar-refractivity contribution is -0.171. The molecule has 1 spiro atoms. The zero-order valence-electron chi connectivity index (χ0n) is 14.9. The van der Waals surface area contributed by atoms with Gasteiger partial charge in [0.1, 0.15) is 5.60 Å². The van der Waals surface area contributed by atoms with Gasteiger partial charge >= 0.3 is 0 Å². The molecule has 0 amide bonds. The molecule has 3 fully saturated rings. The molecule has 8 atom stereocenters. The maximum Gasteiger partial charge on any atom is 0.105 e.